The van der Waals surface area contributed by atoms with Crippen molar-refractivity contribution in [3.05, 3.63) is 106 Å². The Hall–Kier alpha value is -4.19. The molecule has 3 aromatic carbocycles. The van der Waals surface area contributed by atoms with Crippen LogP contribution in [0.3, 0.4) is 0 Å². The summed E-state index contributed by atoms with van der Waals surface area (Å²) >= 11 is 1.16. The molecule has 1 aliphatic carbocycles. The van der Waals surface area contributed by atoms with E-state index in [9.17, 15) is 18.3 Å². The first-order valence-electron chi connectivity index (χ1n) is 13.4. The standard InChI is InChI=1S/C31H27FN4O4S2/c1-18-13-22(21-5-3-2-4-6-21)16-25(28(18)32)29-24(14-19-9-11-23(12-10-19)42(33,39)40)27(15-20-7-8-20)36(35-29)31-34-26(17-41-31)30(37)38/h2-6,9-13,16-17,20H,7-8,14-15H2,1H3,(H,37,38)(H2,33,39,40). The molecule has 0 saturated heterocycles. The van der Waals surface area contributed by atoms with Crippen molar-refractivity contribution >= 4 is 27.3 Å². The molecule has 0 atom stereocenters. The van der Waals surface area contributed by atoms with Crippen LogP contribution in [0.25, 0.3) is 27.5 Å². The average Bonchev–Trinajstić information content (AvgIpc) is 3.53. The van der Waals surface area contributed by atoms with Crippen LogP contribution in [-0.4, -0.2) is 34.3 Å². The van der Waals surface area contributed by atoms with Crippen LogP contribution in [-0.2, 0) is 22.9 Å². The first kappa shape index (κ1) is 28.0. The average molecular weight is 603 g/mol. The summed E-state index contributed by atoms with van der Waals surface area (Å²) in [6.07, 6.45) is 3.11. The Morgan fingerprint density at radius 2 is 1.81 bits per heavy atom. The van der Waals surface area contributed by atoms with Gasteiger partial charge >= 0.3 is 5.97 Å². The number of hydrogen-bond acceptors (Lipinski definition) is 6. The van der Waals surface area contributed by atoms with Gasteiger partial charge in [0, 0.05) is 22.9 Å². The van der Waals surface area contributed by atoms with Crippen LogP contribution in [0.15, 0.2) is 77.0 Å². The number of aromatic nitrogens is 3. The number of sulfonamides is 1. The third-order valence-corrected chi connectivity index (χ3v) is 9.16. The van der Waals surface area contributed by atoms with Gasteiger partial charge in [-0.2, -0.15) is 5.10 Å². The lowest BCUT2D eigenvalue weighted by Gasteiger charge is -2.12. The molecule has 2 aromatic heterocycles. The number of rotatable bonds is 9. The van der Waals surface area contributed by atoms with Crippen LogP contribution in [0.1, 0.15) is 45.7 Å². The predicted molar refractivity (Wildman–Crippen MR) is 159 cm³/mol. The van der Waals surface area contributed by atoms with E-state index in [2.05, 4.69) is 4.98 Å². The van der Waals surface area contributed by atoms with Gasteiger partial charge in [-0.3, -0.25) is 0 Å². The number of aromatic carboxylic acids is 1. The molecule has 214 valence electrons. The smallest absolute Gasteiger partial charge is 0.355 e. The van der Waals surface area contributed by atoms with Crippen molar-refractivity contribution in [2.75, 3.05) is 0 Å². The van der Waals surface area contributed by atoms with Crippen LogP contribution >= 0.6 is 11.3 Å². The first-order valence-corrected chi connectivity index (χ1v) is 15.8. The SMILES string of the molecule is Cc1cc(-c2ccccc2)cc(-c2nn(-c3nc(C(=O)O)cs3)c(CC3CC3)c2Cc2ccc(S(N)(=O)=O)cc2)c1F. The van der Waals surface area contributed by atoms with Crippen LogP contribution in [0.2, 0.25) is 0 Å². The molecule has 0 spiro atoms. The van der Waals surface area contributed by atoms with Gasteiger partial charge in [0.15, 0.2) is 5.69 Å². The normalized spacial score (nSPS) is 13.4. The molecule has 8 nitrogen and oxygen atoms in total. The zero-order valence-electron chi connectivity index (χ0n) is 22.6. The molecule has 0 amide bonds. The van der Waals surface area contributed by atoms with Gasteiger partial charge in [-0.05, 0) is 78.6 Å². The fourth-order valence-electron chi connectivity index (χ4n) is 5.05. The Kier molecular flexibility index (Phi) is 7.25. The topological polar surface area (TPSA) is 128 Å². The highest BCUT2D eigenvalue weighted by atomic mass is 32.2. The number of carboxylic acids is 1. The molecule has 6 rings (SSSR count). The van der Waals surface area contributed by atoms with E-state index in [-0.39, 0.29) is 10.6 Å². The van der Waals surface area contributed by atoms with E-state index in [4.69, 9.17) is 10.2 Å². The van der Waals surface area contributed by atoms with E-state index in [1.165, 1.54) is 17.5 Å². The molecule has 11 heteroatoms. The van der Waals surface area contributed by atoms with Crippen LogP contribution in [0.4, 0.5) is 4.39 Å². The number of nitrogens with zero attached hydrogens (tertiary/aromatic N) is 3. The summed E-state index contributed by atoms with van der Waals surface area (Å²) in [6.45, 7) is 1.72. The summed E-state index contributed by atoms with van der Waals surface area (Å²) in [4.78, 5) is 15.9. The van der Waals surface area contributed by atoms with Crippen molar-refractivity contribution in [3.8, 4) is 27.5 Å². The fraction of sp³-hybridized carbons (Fsp3) is 0.194. The Labute approximate surface area is 246 Å². The molecule has 42 heavy (non-hydrogen) atoms. The van der Waals surface area contributed by atoms with Crippen LogP contribution in [0.5, 0.6) is 0 Å². The second-order valence-electron chi connectivity index (χ2n) is 10.5. The lowest BCUT2D eigenvalue weighted by atomic mass is 9.93. The van der Waals surface area contributed by atoms with Crippen molar-refractivity contribution in [2.24, 2.45) is 11.1 Å². The predicted octanol–water partition coefficient (Wildman–Crippen LogP) is 6.00. The Balaban J connectivity index is 1.57. The summed E-state index contributed by atoms with van der Waals surface area (Å²) in [7, 11) is -3.86. The Morgan fingerprint density at radius 1 is 1.10 bits per heavy atom. The fourth-order valence-corrected chi connectivity index (χ4v) is 6.34. The summed E-state index contributed by atoms with van der Waals surface area (Å²) in [5.41, 5.74) is 5.33. The van der Waals surface area contributed by atoms with Crippen LogP contribution in [0, 0.1) is 18.7 Å². The van der Waals surface area contributed by atoms with Crippen molar-refractivity contribution in [1.82, 2.24) is 14.8 Å². The Bertz CT molecular complexity index is 1910. The highest BCUT2D eigenvalue weighted by molar-refractivity contribution is 7.89. The van der Waals surface area contributed by atoms with Crippen molar-refractivity contribution in [3.63, 3.8) is 0 Å². The minimum atomic E-state index is -3.86. The number of carboxylic acid groups (broad SMARTS) is 1. The number of aryl methyl sites for hydroxylation is 1. The van der Waals surface area contributed by atoms with Gasteiger partial charge in [-0.15, -0.1) is 11.3 Å². The number of benzene rings is 3. The minimum absolute atomic E-state index is 0.00147. The van der Waals surface area contributed by atoms with Crippen molar-refractivity contribution in [2.45, 2.75) is 37.5 Å². The number of primary sulfonamides is 1. The molecule has 5 aromatic rings. The minimum Gasteiger partial charge on any atom is -0.476 e. The van der Waals surface area contributed by atoms with Crippen LogP contribution < -0.4 is 5.14 Å². The Morgan fingerprint density at radius 3 is 2.43 bits per heavy atom. The number of hydrogen-bond donors (Lipinski definition) is 2. The molecule has 0 bridgehead atoms. The molecule has 0 radical (unpaired) electrons. The van der Waals surface area contributed by atoms with Gasteiger partial charge in [0.1, 0.15) is 5.82 Å². The van der Waals surface area contributed by atoms with E-state index in [0.717, 1.165) is 52.1 Å². The third kappa shape index (κ3) is 5.63. The zero-order chi connectivity index (χ0) is 29.6. The maximum Gasteiger partial charge on any atom is 0.355 e. The van der Waals surface area contributed by atoms with Gasteiger partial charge in [-0.1, -0.05) is 42.5 Å². The second-order valence-corrected chi connectivity index (χ2v) is 12.9. The van der Waals surface area contributed by atoms with E-state index < -0.39 is 21.8 Å². The van der Waals surface area contributed by atoms with E-state index >= 15 is 4.39 Å². The lowest BCUT2D eigenvalue weighted by molar-refractivity contribution is 0.0691. The third-order valence-electron chi connectivity index (χ3n) is 7.41. The molecule has 1 saturated carbocycles. The highest BCUT2D eigenvalue weighted by Crippen LogP contribution is 2.40. The van der Waals surface area contributed by atoms with Gasteiger partial charge in [0.25, 0.3) is 0 Å². The van der Waals surface area contributed by atoms with Crippen molar-refractivity contribution < 1.29 is 22.7 Å². The summed E-state index contributed by atoms with van der Waals surface area (Å²) in [6, 6.07) is 19.6. The molecule has 1 aliphatic rings. The largest absolute Gasteiger partial charge is 0.476 e. The first-order chi connectivity index (χ1) is 20.1. The molecule has 0 unspecified atom stereocenters. The number of halogens is 1. The number of nitrogens with two attached hydrogens (primary N) is 1. The zero-order valence-corrected chi connectivity index (χ0v) is 24.3. The maximum absolute atomic E-state index is 16.0. The lowest BCUT2D eigenvalue weighted by Crippen LogP contribution is -2.12. The van der Waals surface area contributed by atoms with Gasteiger partial charge in [0.2, 0.25) is 15.2 Å². The van der Waals surface area contributed by atoms with Gasteiger partial charge in [-0.25, -0.2) is 32.4 Å². The number of thiazole rings is 1. The van der Waals surface area contributed by atoms with Crippen molar-refractivity contribution in [1.29, 1.82) is 0 Å². The van der Waals surface area contributed by atoms with E-state index in [1.54, 1.807) is 29.8 Å². The summed E-state index contributed by atoms with van der Waals surface area (Å²) < 4.78 is 41.3. The molecular formula is C31H27FN4O4S2. The van der Waals surface area contributed by atoms with E-state index in [1.807, 2.05) is 36.4 Å². The second kappa shape index (κ2) is 10.9. The molecule has 1 fully saturated rings. The quantitative estimate of drug-likeness (QED) is 0.213. The number of carbonyl (C=O) groups is 1. The van der Waals surface area contributed by atoms with Gasteiger partial charge < -0.3 is 5.11 Å². The van der Waals surface area contributed by atoms with Gasteiger partial charge in [0.05, 0.1) is 16.3 Å². The summed E-state index contributed by atoms with van der Waals surface area (Å²) in [5.74, 6) is -1.10. The molecular weight excluding hydrogens is 575 g/mol. The monoisotopic (exact) mass is 602 g/mol. The van der Waals surface area contributed by atoms with E-state index in [0.29, 0.717) is 40.7 Å². The molecule has 3 N–H and O–H groups in total. The summed E-state index contributed by atoms with van der Waals surface area (Å²) in [5, 5.41) is 21.6. The molecule has 0 aliphatic heterocycles. The maximum atomic E-state index is 16.0. The molecule has 2 heterocycles. The highest BCUT2D eigenvalue weighted by Gasteiger charge is 2.30.